The maximum Gasteiger partial charge on any atom is 0.258 e. The molecule has 0 aromatic heterocycles. The van der Waals surface area contributed by atoms with Crippen molar-refractivity contribution in [1.29, 1.82) is 0 Å². The van der Waals surface area contributed by atoms with E-state index < -0.39 is 0 Å². The highest BCUT2D eigenvalue weighted by molar-refractivity contribution is 5.77. The quantitative estimate of drug-likeness (QED) is 0.753. The summed E-state index contributed by atoms with van der Waals surface area (Å²) in [6, 6.07) is 12.4. The van der Waals surface area contributed by atoms with E-state index in [4.69, 9.17) is 23.7 Å². The first-order valence-electron chi connectivity index (χ1n) is 8.26. The Morgan fingerprint density at radius 3 is 2.74 bits per heavy atom. The molecule has 0 unspecified atom stereocenters. The van der Waals surface area contributed by atoms with Crippen LogP contribution in [-0.2, 0) is 4.79 Å². The van der Waals surface area contributed by atoms with Crippen molar-refractivity contribution in [3.63, 3.8) is 0 Å². The van der Waals surface area contributed by atoms with Gasteiger partial charge in [-0.25, -0.2) is 0 Å². The highest BCUT2D eigenvalue weighted by Crippen LogP contribution is 2.34. The van der Waals surface area contributed by atoms with Crippen molar-refractivity contribution in [1.82, 2.24) is 5.32 Å². The summed E-state index contributed by atoms with van der Waals surface area (Å²) in [5.41, 5.74) is 0. The number of amides is 1. The standard InChI is InChI=1S/C20H19NO6/c1-23-15-5-4-6-16(11-15)25-13-20(22)21-9-2-3-10-24-17-7-8-18-19(12-17)27-14-26-18/h4-8,11-12H,9-10,13-14H2,1H3,(H,21,22). The molecule has 1 aliphatic rings. The van der Waals surface area contributed by atoms with Gasteiger partial charge >= 0.3 is 0 Å². The smallest absolute Gasteiger partial charge is 0.258 e. The van der Waals surface area contributed by atoms with Gasteiger partial charge < -0.3 is 29.0 Å². The van der Waals surface area contributed by atoms with E-state index >= 15 is 0 Å². The summed E-state index contributed by atoms with van der Waals surface area (Å²) >= 11 is 0. The van der Waals surface area contributed by atoms with Crippen molar-refractivity contribution in [3.8, 4) is 40.6 Å². The van der Waals surface area contributed by atoms with Crippen LogP contribution in [0.2, 0.25) is 0 Å². The van der Waals surface area contributed by atoms with Gasteiger partial charge in [-0.3, -0.25) is 4.79 Å². The molecule has 1 amide bonds. The highest BCUT2D eigenvalue weighted by Gasteiger charge is 2.13. The second-order valence-corrected chi connectivity index (χ2v) is 5.40. The van der Waals surface area contributed by atoms with E-state index in [0.29, 0.717) is 28.7 Å². The van der Waals surface area contributed by atoms with Crippen LogP contribution < -0.4 is 29.0 Å². The van der Waals surface area contributed by atoms with Crippen molar-refractivity contribution >= 4 is 5.91 Å². The SMILES string of the molecule is COc1cccc(OCC(=O)NCC#CCOc2ccc3c(c2)OCO3)c1. The summed E-state index contributed by atoms with van der Waals surface area (Å²) in [6.45, 7) is 0.545. The van der Waals surface area contributed by atoms with E-state index in [1.165, 1.54) is 0 Å². The average molecular weight is 369 g/mol. The molecule has 1 heterocycles. The molecule has 0 aliphatic carbocycles. The maximum atomic E-state index is 11.7. The molecule has 2 aromatic rings. The fourth-order valence-corrected chi connectivity index (χ4v) is 2.23. The van der Waals surface area contributed by atoms with E-state index in [0.717, 1.165) is 0 Å². The monoisotopic (exact) mass is 369 g/mol. The first kappa shape index (κ1) is 18.3. The van der Waals surface area contributed by atoms with Gasteiger partial charge in [0.05, 0.1) is 13.7 Å². The minimum absolute atomic E-state index is 0.0947. The molecule has 0 spiro atoms. The van der Waals surface area contributed by atoms with E-state index in [2.05, 4.69) is 17.2 Å². The lowest BCUT2D eigenvalue weighted by molar-refractivity contribution is -0.122. The molecule has 7 heteroatoms. The zero-order chi connectivity index (χ0) is 18.9. The lowest BCUT2D eigenvalue weighted by Crippen LogP contribution is -2.29. The molecule has 0 fully saturated rings. The number of ether oxygens (including phenoxy) is 5. The first-order chi connectivity index (χ1) is 13.2. The van der Waals surface area contributed by atoms with Gasteiger partial charge in [-0.1, -0.05) is 17.9 Å². The number of carbonyl (C=O) groups is 1. The Kier molecular flexibility index (Phi) is 6.26. The van der Waals surface area contributed by atoms with Gasteiger partial charge in [0.15, 0.2) is 18.1 Å². The summed E-state index contributed by atoms with van der Waals surface area (Å²) in [7, 11) is 1.57. The molecule has 0 saturated heterocycles. The second kappa shape index (κ2) is 9.25. The van der Waals surface area contributed by atoms with E-state index in [1.807, 2.05) is 0 Å². The third-order valence-corrected chi connectivity index (χ3v) is 3.57. The van der Waals surface area contributed by atoms with Gasteiger partial charge in [-0.2, -0.15) is 0 Å². The van der Waals surface area contributed by atoms with E-state index in [-0.39, 0.29) is 32.5 Å². The van der Waals surface area contributed by atoms with Crippen molar-refractivity contribution in [2.75, 3.05) is 33.7 Å². The maximum absolute atomic E-state index is 11.7. The molecule has 140 valence electrons. The lowest BCUT2D eigenvalue weighted by atomic mass is 10.3. The average Bonchev–Trinajstić information content (AvgIpc) is 3.17. The number of nitrogens with one attached hydrogen (secondary N) is 1. The number of hydrogen-bond acceptors (Lipinski definition) is 6. The Morgan fingerprint density at radius 2 is 1.85 bits per heavy atom. The third-order valence-electron chi connectivity index (χ3n) is 3.57. The van der Waals surface area contributed by atoms with Gasteiger partial charge in [-0.05, 0) is 24.3 Å². The zero-order valence-electron chi connectivity index (χ0n) is 14.8. The number of rotatable bonds is 7. The van der Waals surface area contributed by atoms with Gasteiger partial charge in [0, 0.05) is 12.1 Å². The molecule has 0 radical (unpaired) electrons. The Labute approximate surface area is 157 Å². The summed E-state index contributed by atoms with van der Waals surface area (Å²) in [5, 5.41) is 2.65. The van der Waals surface area contributed by atoms with E-state index in [9.17, 15) is 4.79 Å². The molecule has 0 atom stereocenters. The summed E-state index contributed by atoms with van der Waals surface area (Å²) in [6.07, 6.45) is 0. The predicted molar refractivity (Wildman–Crippen MR) is 97.3 cm³/mol. The fraction of sp³-hybridized carbons (Fsp3) is 0.250. The van der Waals surface area contributed by atoms with Crippen molar-refractivity contribution in [2.24, 2.45) is 0 Å². The minimum atomic E-state index is -0.260. The van der Waals surface area contributed by atoms with Gasteiger partial charge in [0.1, 0.15) is 23.9 Å². The van der Waals surface area contributed by atoms with Crippen LogP contribution in [0.1, 0.15) is 0 Å². The van der Waals surface area contributed by atoms with Gasteiger partial charge in [0.2, 0.25) is 6.79 Å². The van der Waals surface area contributed by atoms with Crippen LogP contribution in [0.5, 0.6) is 28.7 Å². The van der Waals surface area contributed by atoms with Crippen LogP contribution in [0.25, 0.3) is 0 Å². The van der Waals surface area contributed by atoms with Gasteiger partial charge in [-0.15, -0.1) is 0 Å². The summed E-state index contributed by atoms with van der Waals surface area (Å²) in [4.78, 5) is 11.7. The number of fused-ring (bicyclic) bond motifs is 1. The van der Waals surface area contributed by atoms with Gasteiger partial charge in [0.25, 0.3) is 5.91 Å². The fourth-order valence-electron chi connectivity index (χ4n) is 2.23. The third kappa shape index (κ3) is 5.47. The summed E-state index contributed by atoms with van der Waals surface area (Å²) < 4.78 is 26.5. The number of methoxy groups -OCH3 is 1. The second-order valence-electron chi connectivity index (χ2n) is 5.40. The molecule has 0 saturated carbocycles. The Hall–Kier alpha value is -3.53. The molecule has 3 rings (SSSR count). The van der Waals surface area contributed by atoms with Crippen LogP contribution >= 0.6 is 0 Å². The Balaban J connectivity index is 1.33. The molecule has 1 aliphatic heterocycles. The van der Waals surface area contributed by atoms with Crippen LogP contribution in [0.3, 0.4) is 0 Å². The molecule has 27 heavy (non-hydrogen) atoms. The molecule has 2 aromatic carbocycles. The molecule has 0 bridgehead atoms. The first-order valence-corrected chi connectivity index (χ1v) is 8.26. The van der Waals surface area contributed by atoms with Crippen molar-refractivity contribution < 1.29 is 28.5 Å². The van der Waals surface area contributed by atoms with Crippen molar-refractivity contribution in [3.05, 3.63) is 42.5 Å². The Morgan fingerprint density at radius 1 is 1.04 bits per heavy atom. The largest absolute Gasteiger partial charge is 0.497 e. The highest BCUT2D eigenvalue weighted by atomic mass is 16.7. The topological polar surface area (TPSA) is 75.3 Å². The predicted octanol–water partition coefficient (Wildman–Crippen LogP) is 2.00. The molecule has 7 nitrogen and oxygen atoms in total. The minimum Gasteiger partial charge on any atom is -0.497 e. The number of carbonyl (C=O) groups excluding carboxylic acids is 1. The lowest BCUT2D eigenvalue weighted by Gasteiger charge is -2.07. The summed E-state index contributed by atoms with van der Waals surface area (Å²) in [5.74, 6) is 8.62. The molecule has 1 N–H and O–H groups in total. The van der Waals surface area contributed by atoms with E-state index in [1.54, 1.807) is 49.6 Å². The Bertz CT molecular complexity index is 855. The molecular formula is C20H19NO6. The van der Waals surface area contributed by atoms with Crippen molar-refractivity contribution in [2.45, 2.75) is 0 Å². The van der Waals surface area contributed by atoms with Crippen LogP contribution in [-0.4, -0.2) is 39.6 Å². The number of hydrogen-bond donors (Lipinski definition) is 1. The number of benzene rings is 2. The molecular weight excluding hydrogens is 350 g/mol. The normalized spacial score (nSPS) is 11.1. The van der Waals surface area contributed by atoms with Crippen LogP contribution in [0, 0.1) is 11.8 Å². The zero-order valence-corrected chi connectivity index (χ0v) is 14.8. The van der Waals surface area contributed by atoms with Crippen LogP contribution in [0.4, 0.5) is 0 Å². The van der Waals surface area contributed by atoms with Crippen LogP contribution in [0.15, 0.2) is 42.5 Å².